The second-order valence-corrected chi connectivity index (χ2v) is 6.63. The molecule has 0 atom stereocenters. The zero-order valence-electron chi connectivity index (χ0n) is 16.9. The highest BCUT2D eigenvalue weighted by atomic mass is 19.1. The highest BCUT2D eigenvalue weighted by Gasteiger charge is 2.20. The zero-order valence-corrected chi connectivity index (χ0v) is 16.9. The van der Waals surface area contributed by atoms with E-state index in [0.29, 0.717) is 43.6 Å². The lowest BCUT2D eigenvalue weighted by molar-refractivity contribution is -0.115. The maximum Gasteiger partial charge on any atom is 0.228 e. The summed E-state index contributed by atoms with van der Waals surface area (Å²) in [6.45, 7) is 7.65. The van der Waals surface area contributed by atoms with Crippen LogP contribution in [0.3, 0.4) is 0 Å². The zero-order chi connectivity index (χ0) is 20.6. The first-order valence-electron chi connectivity index (χ1n) is 9.91. The van der Waals surface area contributed by atoms with Crippen LogP contribution in [-0.4, -0.2) is 45.4 Å². The average Bonchev–Trinajstić information content (AvgIpc) is 2.72. The fraction of sp³-hybridized carbons (Fsp3) is 0.409. The third-order valence-corrected chi connectivity index (χ3v) is 4.56. The quantitative estimate of drug-likeness (QED) is 0.731. The van der Waals surface area contributed by atoms with E-state index in [1.54, 1.807) is 12.1 Å². The number of nitrogens with zero attached hydrogens (tertiary/aromatic N) is 1. The number of benzene rings is 2. The van der Waals surface area contributed by atoms with E-state index < -0.39 is 0 Å². The third-order valence-electron chi connectivity index (χ3n) is 4.56. The van der Waals surface area contributed by atoms with E-state index in [1.807, 2.05) is 26.0 Å². The Hall–Kier alpha value is -2.80. The van der Waals surface area contributed by atoms with E-state index >= 15 is 0 Å². The van der Waals surface area contributed by atoms with Crippen molar-refractivity contribution >= 4 is 17.3 Å². The summed E-state index contributed by atoms with van der Waals surface area (Å²) in [6, 6.07) is 9.61. The number of hydrogen-bond acceptors (Lipinski definition) is 5. The summed E-state index contributed by atoms with van der Waals surface area (Å²) in [5.74, 6) is 0.742. The van der Waals surface area contributed by atoms with Gasteiger partial charge in [-0.3, -0.25) is 4.79 Å². The van der Waals surface area contributed by atoms with Gasteiger partial charge < -0.3 is 24.4 Å². The number of hydrogen-bond donors (Lipinski definition) is 1. The Labute approximate surface area is 170 Å². The molecule has 1 heterocycles. The van der Waals surface area contributed by atoms with Gasteiger partial charge in [0.25, 0.3) is 0 Å². The van der Waals surface area contributed by atoms with Crippen LogP contribution >= 0.6 is 0 Å². The van der Waals surface area contributed by atoms with Crippen LogP contribution in [0.4, 0.5) is 15.8 Å². The summed E-state index contributed by atoms with van der Waals surface area (Å²) < 4.78 is 30.2. The molecule has 0 bridgehead atoms. The van der Waals surface area contributed by atoms with E-state index in [2.05, 4.69) is 10.2 Å². The number of halogens is 1. The summed E-state index contributed by atoms with van der Waals surface area (Å²) in [7, 11) is 0. The largest absolute Gasteiger partial charge is 0.492 e. The van der Waals surface area contributed by atoms with Gasteiger partial charge in [0, 0.05) is 25.2 Å². The number of nitrogens with one attached hydrogen (secondary N) is 1. The van der Waals surface area contributed by atoms with Gasteiger partial charge in [0.15, 0.2) is 0 Å². The van der Waals surface area contributed by atoms with Crippen LogP contribution in [0, 0.1) is 5.82 Å². The molecule has 0 aliphatic carbocycles. The number of ether oxygens (including phenoxy) is 3. The predicted molar refractivity (Wildman–Crippen MR) is 111 cm³/mol. The van der Waals surface area contributed by atoms with Crippen molar-refractivity contribution in [1.29, 1.82) is 0 Å². The maximum atomic E-state index is 13.1. The van der Waals surface area contributed by atoms with E-state index in [4.69, 9.17) is 14.2 Å². The Bertz CT molecular complexity index is 820. The second kappa shape index (κ2) is 10.1. The predicted octanol–water partition coefficient (Wildman–Crippen LogP) is 3.64. The molecule has 1 aliphatic heterocycles. The molecule has 0 spiro atoms. The molecule has 156 valence electrons. The Balaban J connectivity index is 1.84. The van der Waals surface area contributed by atoms with Crippen molar-refractivity contribution in [3.05, 3.63) is 47.8 Å². The number of morpholine rings is 1. The summed E-state index contributed by atoms with van der Waals surface area (Å²) in [4.78, 5) is 14.7. The lowest BCUT2D eigenvalue weighted by Crippen LogP contribution is -2.36. The van der Waals surface area contributed by atoms with Gasteiger partial charge >= 0.3 is 0 Å². The van der Waals surface area contributed by atoms with Crippen molar-refractivity contribution in [2.75, 3.05) is 49.7 Å². The summed E-state index contributed by atoms with van der Waals surface area (Å²) in [5, 5.41) is 2.91. The molecule has 7 heteroatoms. The van der Waals surface area contributed by atoms with Gasteiger partial charge in [-0.15, -0.1) is 0 Å². The Morgan fingerprint density at radius 1 is 1.07 bits per heavy atom. The standard InChI is InChI=1S/C22H27FN2O4/c1-3-28-20-15-19(25-9-11-27-12-10-25)21(29-4-2)14-18(20)24-22(26)13-16-5-7-17(23)8-6-16/h5-8,14-15H,3-4,9-13H2,1-2H3,(H,24,26). The van der Waals surface area contributed by atoms with Crippen LogP contribution in [-0.2, 0) is 16.0 Å². The molecule has 1 N–H and O–H groups in total. The number of carbonyl (C=O) groups is 1. The normalized spacial score (nSPS) is 13.8. The third kappa shape index (κ3) is 5.60. The number of anilines is 2. The van der Waals surface area contributed by atoms with E-state index in [9.17, 15) is 9.18 Å². The van der Waals surface area contributed by atoms with Crippen molar-refractivity contribution < 1.29 is 23.4 Å². The van der Waals surface area contributed by atoms with Crippen LogP contribution in [0.5, 0.6) is 11.5 Å². The average molecular weight is 402 g/mol. The topological polar surface area (TPSA) is 60.0 Å². The molecule has 2 aromatic rings. The molecule has 6 nitrogen and oxygen atoms in total. The van der Waals surface area contributed by atoms with Crippen LogP contribution in [0.1, 0.15) is 19.4 Å². The second-order valence-electron chi connectivity index (χ2n) is 6.63. The minimum atomic E-state index is -0.326. The first-order valence-corrected chi connectivity index (χ1v) is 9.91. The van der Waals surface area contributed by atoms with Gasteiger partial charge in [-0.1, -0.05) is 12.1 Å². The van der Waals surface area contributed by atoms with Gasteiger partial charge in [-0.05, 0) is 31.5 Å². The monoisotopic (exact) mass is 402 g/mol. The molecule has 0 saturated carbocycles. The summed E-state index contributed by atoms with van der Waals surface area (Å²) in [5.41, 5.74) is 2.21. The molecule has 0 unspecified atom stereocenters. The van der Waals surface area contributed by atoms with E-state index in [1.165, 1.54) is 12.1 Å². The van der Waals surface area contributed by atoms with Crippen LogP contribution in [0.25, 0.3) is 0 Å². The Morgan fingerprint density at radius 3 is 2.38 bits per heavy atom. The summed E-state index contributed by atoms with van der Waals surface area (Å²) in [6.07, 6.45) is 0.140. The number of amides is 1. The SMILES string of the molecule is CCOc1cc(N2CCOCC2)c(OCC)cc1NC(=O)Cc1ccc(F)cc1. The van der Waals surface area contributed by atoms with Gasteiger partial charge in [-0.2, -0.15) is 0 Å². The van der Waals surface area contributed by atoms with Crippen LogP contribution in [0.15, 0.2) is 36.4 Å². The lowest BCUT2D eigenvalue weighted by atomic mass is 10.1. The van der Waals surface area contributed by atoms with Crippen molar-refractivity contribution in [2.24, 2.45) is 0 Å². The number of rotatable bonds is 8. The molecule has 1 fully saturated rings. The first-order chi connectivity index (χ1) is 14.1. The van der Waals surface area contributed by atoms with Crippen molar-refractivity contribution in [3.63, 3.8) is 0 Å². The smallest absolute Gasteiger partial charge is 0.228 e. The Morgan fingerprint density at radius 2 is 1.72 bits per heavy atom. The lowest BCUT2D eigenvalue weighted by Gasteiger charge is -2.31. The highest BCUT2D eigenvalue weighted by Crippen LogP contribution is 2.39. The molecule has 29 heavy (non-hydrogen) atoms. The molecule has 1 saturated heterocycles. The molecule has 2 aromatic carbocycles. The molecule has 1 aliphatic rings. The molecule has 0 aromatic heterocycles. The first kappa shape index (κ1) is 20.9. The Kier molecular flexibility index (Phi) is 7.30. The fourth-order valence-electron chi connectivity index (χ4n) is 3.23. The number of carbonyl (C=O) groups excluding carboxylic acids is 1. The van der Waals surface area contributed by atoms with Gasteiger partial charge in [0.1, 0.15) is 17.3 Å². The van der Waals surface area contributed by atoms with Crippen molar-refractivity contribution in [3.8, 4) is 11.5 Å². The minimum Gasteiger partial charge on any atom is -0.492 e. The van der Waals surface area contributed by atoms with Crippen LogP contribution in [0.2, 0.25) is 0 Å². The van der Waals surface area contributed by atoms with Gasteiger partial charge in [0.05, 0.1) is 44.2 Å². The van der Waals surface area contributed by atoms with E-state index in [-0.39, 0.29) is 18.1 Å². The minimum absolute atomic E-state index is 0.140. The fourth-order valence-corrected chi connectivity index (χ4v) is 3.23. The van der Waals surface area contributed by atoms with Crippen LogP contribution < -0.4 is 19.7 Å². The van der Waals surface area contributed by atoms with Gasteiger partial charge in [0.2, 0.25) is 5.91 Å². The maximum absolute atomic E-state index is 13.1. The van der Waals surface area contributed by atoms with E-state index in [0.717, 1.165) is 24.3 Å². The highest BCUT2D eigenvalue weighted by molar-refractivity contribution is 5.94. The summed E-state index contributed by atoms with van der Waals surface area (Å²) >= 11 is 0. The molecule has 3 rings (SSSR count). The van der Waals surface area contributed by atoms with Gasteiger partial charge in [-0.25, -0.2) is 4.39 Å². The molecule has 1 amide bonds. The molecular weight excluding hydrogens is 375 g/mol. The molecular formula is C22H27FN2O4. The van der Waals surface area contributed by atoms with Crippen molar-refractivity contribution in [1.82, 2.24) is 0 Å². The van der Waals surface area contributed by atoms with Crippen molar-refractivity contribution in [2.45, 2.75) is 20.3 Å². The molecule has 0 radical (unpaired) electrons.